The van der Waals surface area contributed by atoms with Gasteiger partial charge in [0.15, 0.2) is 0 Å². The van der Waals surface area contributed by atoms with Crippen LogP contribution >= 0.6 is 0 Å². The summed E-state index contributed by atoms with van der Waals surface area (Å²) in [5.41, 5.74) is 0.795. The highest BCUT2D eigenvalue weighted by Crippen LogP contribution is 2.11. The lowest BCUT2D eigenvalue weighted by Gasteiger charge is -2.23. The number of hydrogen-bond acceptors (Lipinski definition) is 4. The predicted molar refractivity (Wildman–Crippen MR) is 74.4 cm³/mol. The number of aryl methyl sites for hydroxylation is 1. The first kappa shape index (κ1) is 16.2. The zero-order valence-electron chi connectivity index (χ0n) is 12.5. The average molecular weight is 282 g/mol. The summed E-state index contributed by atoms with van der Waals surface area (Å²) < 4.78 is 1.55. The highest BCUT2D eigenvalue weighted by atomic mass is 16.4. The molecule has 1 heterocycles. The molecule has 7 heteroatoms. The summed E-state index contributed by atoms with van der Waals surface area (Å²) in [5, 5.41) is 13.1. The Hall–Kier alpha value is -1.89. The van der Waals surface area contributed by atoms with Gasteiger partial charge in [-0.3, -0.25) is 14.4 Å². The van der Waals surface area contributed by atoms with Gasteiger partial charge in [-0.15, -0.1) is 0 Å². The minimum atomic E-state index is -0.997. The molecule has 1 aromatic rings. The van der Waals surface area contributed by atoms with Crippen molar-refractivity contribution in [2.45, 2.75) is 19.9 Å². The highest BCUT2D eigenvalue weighted by Gasteiger charge is 2.19. The first-order valence-corrected chi connectivity index (χ1v) is 6.53. The van der Waals surface area contributed by atoms with Gasteiger partial charge in [0.05, 0.1) is 18.4 Å². The molecule has 0 bridgehead atoms. The van der Waals surface area contributed by atoms with Crippen molar-refractivity contribution in [2.75, 3.05) is 27.2 Å². The number of carboxylic acid groups (broad SMARTS) is 1. The van der Waals surface area contributed by atoms with Gasteiger partial charge in [0.25, 0.3) is 0 Å². The summed E-state index contributed by atoms with van der Waals surface area (Å²) in [6.07, 6.45) is 2.23. The van der Waals surface area contributed by atoms with Crippen molar-refractivity contribution < 1.29 is 14.7 Å². The molecule has 0 radical (unpaired) electrons. The predicted octanol–water partition coefficient (Wildman–Crippen LogP) is 0.419. The summed E-state index contributed by atoms with van der Waals surface area (Å²) in [4.78, 5) is 26.4. The summed E-state index contributed by atoms with van der Waals surface area (Å²) in [7, 11) is 5.12. The summed E-state index contributed by atoms with van der Waals surface area (Å²) in [5.74, 6) is -0.999. The third-order valence-corrected chi connectivity index (χ3v) is 3.06. The molecule has 0 aromatic carbocycles. The molecule has 0 fully saturated rings. The Labute approximate surface area is 118 Å². The van der Waals surface area contributed by atoms with Crippen molar-refractivity contribution in [3.63, 3.8) is 0 Å². The highest BCUT2D eigenvalue weighted by molar-refractivity contribution is 5.88. The fourth-order valence-corrected chi connectivity index (χ4v) is 1.90. The van der Waals surface area contributed by atoms with Crippen LogP contribution in [0.15, 0.2) is 6.20 Å². The van der Waals surface area contributed by atoms with Gasteiger partial charge < -0.3 is 10.0 Å². The van der Waals surface area contributed by atoms with Gasteiger partial charge in [-0.1, -0.05) is 6.92 Å². The van der Waals surface area contributed by atoms with E-state index in [0.717, 1.165) is 13.0 Å². The van der Waals surface area contributed by atoms with E-state index in [1.807, 2.05) is 11.8 Å². The van der Waals surface area contributed by atoms with E-state index in [2.05, 4.69) is 5.10 Å². The van der Waals surface area contributed by atoms with Crippen LogP contribution in [0.4, 0.5) is 0 Å². The van der Waals surface area contributed by atoms with E-state index in [-0.39, 0.29) is 18.0 Å². The van der Waals surface area contributed by atoms with E-state index in [1.54, 1.807) is 25.8 Å². The van der Waals surface area contributed by atoms with Crippen molar-refractivity contribution in [3.8, 4) is 0 Å². The molecule has 0 unspecified atom stereocenters. The van der Waals surface area contributed by atoms with E-state index in [0.29, 0.717) is 12.2 Å². The largest absolute Gasteiger partial charge is 0.478 e. The summed E-state index contributed by atoms with van der Waals surface area (Å²) in [6.45, 7) is 3.41. The lowest BCUT2D eigenvalue weighted by Crippen LogP contribution is -2.37. The zero-order chi connectivity index (χ0) is 15.3. The Bertz CT molecular complexity index is 482. The molecule has 0 atom stereocenters. The number of nitrogens with zero attached hydrogens (tertiary/aromatic N) is 4. The minimum absolute atomic E-state index is 0.00232. The molecule has 20 heavy (non-hydrogen) atoms. The Morgan fingerprint density at radius 2 is 2.05 bits per heavy atom. The van der Waals surface area contributed by atoms with Crippen LogP contribution < -0.4 is 0 Å². The maximum absolute atomic E-state index is 11.8. The molecular weight excluding hydrogens is 260 g/mol. The van der Waals surface area contributed by atoms with Crippen molar-refractivity contribution in [1.82, 2.24) is 19.6 Å². The standard InChI is InChI=1S/C13H22N4O3/c1-5-6-17(9-12(18)15(2)3)8-11-10(13(19)20)7-14-16(11)4/h7H,5-6,8-9H2,1-4H3,(H,19,20). The van der Waals surface area contributed by atoms with Crippen molar-refractivity contribution >= 4 is 11.9 Å². The number of rotatable bonds is 7. The first-order valence-electron chi connectivity index (χ1n) is 6.53. The molecule has 0 aliphatic heterocycles. The monoisotopic (exact) mass is 282 g/mol. The second-order valence-corrected chi connectivity index (χ2v) is 4.93. The van der Waals surface area contributed by atoms with E-state index >= 15 is 0 Å². The fourth-order valence-electron chi connectivity index (χ4n) is 1.90. The van der Waals surface area contributed by atoms with Crippen LogP contribution in [-0.2, 0) is 18.4 Å². The molecule has 1 aromatic heterocycles. The first-order chi connectivity index (χ1) is 9.36. The quantitative estimate of drug-likeness (QED) is 0.784. The molecule has 0 spiro atoms. The number of likely N-dealkylation sites (N-methyl/N-ethyl adjacent to an activating group) is 1. The van der Waals surface area contributed by atoms with Crippen LogP contribution in [0, 0.1) is 0 Å². The second-order valence-electron chi connectivity index (χ2n) is 4.93. The fraction of sp³-hybridized carbons (Fsp3) is 0.615. The Morgan fingerprint density at radius 3 is 2.55 bits per heavy atom. The number of amides is 1. The topological polar surface area (TPSA) is 78.7 Å². The van der Waals surface area contributed by atoms with Gasteiger partial charge in [0, 0.05) is 27.7 Å². The van der Waals surface area contributed by atoms with Crippen molar-refractivity contribution in [2.24, 2.45) is 7.05 Å². The molecule has 1 rings (SSSR count). The second kappa shape index (κ2) is 7.04. The number of carbonyl (C=O) groups excluding carboxylic acids is 1. The molecule has 0 saturated heterocycles. The van der Waals surface area contributed by atoms with Crippen molar-refractivity contribution in [3.05, 3.63) is 17.5 Å². The maximum atomic E-state index is 11.8. The maximum Gasteiger partial charge on any atom is 0.339 e. The number of carboxylic acids is 1. The molecule has 7 nitrogen and oxygen atoms in total. The SMILES string of the molecule is CCCN(CC(=O)N(C)C)Cc1c(C(=O)O)cnn1C. The van der Waals surface area contributed by atoms with Crippen LogP contribution in [0.2, 0.25) is 0 Å². The molecule has 0 saturated carbocycles. The molecule has 112 valence electrons. The van der Waals surface area contributed by atoms with Crippen LogP contribution in [0.3, 0.4) is 0 Å². The number of carbonyl (C=O) groups is 2. The van der Waals surface area contributed by atoms with Gasteiger partial charge in [-0.25, -0.2) is 4.79 Å². The number of aromatic carboxylic acids is 1. The Balaban J connectivity index is 2.87. The Morgan fingerprint density at radius 1 is 1.40 bits per heavy atom. The Kier molecular flexibility index (Phi) is 5.69. The minimum Gasteiger partial charge on any atom is -0.478 e. The number of aromatic nitrogens is 2. The van der Waals surface area contributed by atoms with Gasteiger partial charge in [0.1, 0.15) is 5.56 Å². The van der Waals surface area contributed by atoms with Gasteiger partial charge in [0.2, 0.25) is 5.91 Å². The van der Waals surface area contributed by atoms with Gasteiger partial charge in [-0.05, 0) is 13.0 Å². The summed E-state index contributed by atoms with van der Waals surface area (Å²) >= 11 is 0. The van der Waals surface area contributed by atoms with Crippen LogP contribution in [0.25, 0.3) is 0 Å². The van der Waals surface area contributed by atoms with Crippen molar-refractivity contribution in [1.29, 1.82) is 0 Å². The van der Waals surface area contributed by atoms with Gasteiger partial charge in [-0.2, -0.15) is 5.10 Å². The van der Waals surface area contributed by atoms with E-state index < -0.39 is 5.97 Å². The van der Waals surface area contributed by atoms with E-state index in [1.165, 1.54) is 11.1 Å². The lowest BCUT2D eigenvalue weighted by atomic mass is 10.2. The van der Waals surface area contributed by atoms with E-state index in [4.69, 9.17) is 5.11 Å². The normalized spacial score (nSPS) is 10.8. The molecule has 1 amide bonds. The average Bonchev–Trinajstić information content (AvgIpc) is 2.71. The third kappa shape index (κ3) is 4.06. The molecule has 0 aliphatic carbocycles. The van der Waals surface area contributed by atoms with Crippen LogP contribution in [0.1, 0.15) is 29.4 Å². The lowest BCUT2D eigenvalue weighted by molar-refractivity contribution is -0.130. The third-order valence-electron chi connectivity index (χ3n) is 3.06. The molecule has 0 aliphatic rings. The smallest absolute Gasteiger partial charge is 0.339 e. The summed E-state index contributed by atoms with van der Waals surface area (Å²) in [6, 6.07) is 0. The zero-order valence-corrected chi connectivity index (χ0v) is 12.5. The van der Waals surface area contributed by atoms with Crippen LogP contribution in [-0.4, -0.2) is 63.7 Å². The number of hydrogen-bond donors (Lipinski definition) is 1. The molecule has 1 N–H and O–H groups in total. The van der Waals surface area contributed by atoms with Crippen LogP contribution in [0.5, 0.6) is 0 Å². The van der Waals surface area contributed by atoms with E-state index in [9.17, 15) is 9.59 Å². The molecular formula is C13H22N4O3. The van der Waals surface area contributed by atoms with Gasteiger partial charge >= 0.3 is 5.97 Å².